The SMILES string of the molecule is Nc1cc(N)cc(CCCC(=Cc2ccc(OC(=O)c3ccc(OC(F)(F)F)cc3)cc2)C(=O)O)c1. The Morgan fingerprint density at radius 3 is 2.03 bits per heavy atom. The summed E-state index contributed by atoms with van der Waals surface area (Å²) in [7, 11) is 0. The molecule has 0 saturated carbocycles. The smallest absolute Gasteiger partial charge is 0.478 e. The molecular formula is C26H23F3N2O5. The second-order valence-electron chi connectivity index (χ2n) is 7.87. The van der Waals surface area contributed by atoms with Crippen LogP contribution < -0.4 is 20.9 Å². The van der Waals surface area contributed by atoms with Crippen LogP contribution in [0.15, 0.2) is 72.3 Å². The fraction of sp³-hybridized carbons (Fsp3) is 0.154. The normalized spacial score (nSPS) is 11.7. The molecule has 3 aromatic carbocycles. The quantitative estimate of drug-likeness (QED) is 0.154. The number of carboxylic acids is 1. The van der Waals surface area contributed by atoms with E-state index in [-0.39, 0.29) is 16.9 Å². The van der Waals surface area contributed by atoms with Crippen LogP contribution in [0, 0.1) is 0 Å². The molecule has 0 heterocycles. The number of benzene rings is 3. The first-order valence-electron chi connectivity index (χ1n) is 10.8. The number of carbonyl (C=O) groups is 2. The van der Waals surface area contributed by atoms with Crippen molar-refractivity contribution in [1.29, 1.82) is 0 Å². The zero-order valence-electron chi connectivity index (χ0n) is 18.9. The number of hydrogen-bond donors (Lipinski definition) is 3. The highest BCUT2D eigenvalue weighted by atomic mass is 19.4. The van der Waals surface area contributed by atoms with Gasteiger partial charge in [-0.15, -0.1) is 13.2 Å². The number of carboxylic acid groups (broad SMARTS) is 1. The van der Waals surface area contributed by atoms with Crippen molar-refractivity contribution in [3.63, 3.8) is 0 Å². The van der Waals surface area contributed by atoms with Crippen LogP contribution >= 0.6 is 0 Å². The van der Waals surface area contributed by atoms with Gasteiger partial charge in [0, 0.05) is 16.9 Å². The van der Waals surface area contributed by atoms with Gasteiger partial charge in [-0.2, -0.15) is 0 Å². The molecule has 5 N–H and O–H groups in total. The molecule has 0 aliphatic carbocycles. The summed E-state index contributed by atoms with van der Waals surface area (Å²) in [6, 6.07) is 15.7. The molecule has 0 spiro atoms. The van der Waals surface area contributed by atoms with Crippen molar-refractivity contribution in [3.05, 3.63) is 89.0 Å². The maximum atomic E-state index is 12.2. The minimum Gasteiger partial charge on any atom is -0.478 e. The Kier molecular flexibility index (Phi) is 8.21. The van der Waals surface area contributed by atoms with Gasteiger partial charge in [-0.3, -0.25) is 0 Å². The fourth-order valence-corrected chi connectivity index (χ4v) is 3.41. The number of carbonyl (C=O) groups excluding carboxylic acids is 1. The molecule has 3 aromatic rings. The van der Waals surface area contributed by atoms with Gasteiger partial charge in [-0.1, -0.05) is 12.1 Å². The second-order valence-corrected chi connectivity index (χ2v) is 7.87. The zero-order chi connectivity index (χ0) is 26.3. The topological polar surface area (TPSA) is 125 Å². The average Bonchev–Trinajstić information content (AvgIpc) is 2.78. The number of esters is 1. The van der Waals surface area contributed by atoms with Gasteiger partial charge < -0.3 is 26.0 Å². The molecule has 3 rings (SSSR count). The molecule has 188 valence electrons. The molecule has 0 radical (unpaired) electrons. The summed E-state index contributed by atoms with van der Waals surface area (Å²) in [5.41, 5.74) is 14.4. The van der Waals surface area contributed by atoms with Gasteiger partial charge in [-0.25, -0.2) is 9.59 Å². The molecule has 0 aliphatic rings. The first-order chi connectivity index (χ1) is 17.0. The van der Waals surface area contributed by atoms with Crippen LogP contribution in [0.25, 0.3) is 6.08 Å². The van der Waals surface area contributed by atoms with Crippen LogP contribution in [0.1, 0.15) is 34.3 Å². The van der Waals surface area contributed by atoms with E-state index < -0.39 is 24.1 Å². The van der Waals surface area contributed by atoms with Crippen molar-refractivity contribution >= 4 is 29.4 Å². The Morgan fingerprint density at radius 2 is 1.47 bits per heavy atom. The predicted octanol–water partition coefficient (Wildman–Crippen LogP) is 5.46. The number of anilines is 2. The minimum atomic E-state index is -4.83. The molecule has 0 atom stereocenters. The maximum absolute atomic E-state index is 12.2. The van der Waals surface area contributed by atoms with Crippen molar-refractivity contribution in [3.8, 4) is 11.5 Å². The van der Waals surface area contributed by atoms with Gasteiger partial charge in [-0.05, 0) is 91.1 Å². The Hall–Kier alpha value is -4.47. The van der Waals surface area contributed by atoms with Crippen molar-refractivity contribution in [2.75, 3.05) is 11.5 Å². The molecule has 0 amide bonds. The van der Waals surface area contributed by atoms with Crippen LogP contribution in [0.4, 0.5) is 24.5 Å². The summed E-state index contributed by atoms with van der Waals surface area (Å²) in [6.45, 7) is 0. The maximum Gasteiger partial charge on any atom is 0.573 e. The number of nitrogen functional groups attached to an aromatic ring is 2. The van der Waals surface area contributed by atoms with Crippen LogP contribution in [0.5, 0.6) is 11.5 Å². The van der Waals surface area contributed by atoms with Crippen molar-refractivity contribution in [2.45, 2.75) is 25.6 Å². The molecule has 7 nitrogen and oxygen atoms in total. The largest absolute Gasteiger partial charge is 0.573 e. The van der Waals surface area contributed by atoms with Crippen molar-refractivity contribution in [1.82, 2.24) is 0 Å². The number of ether oxygens (including phenoxy) is 2. The molecule has 0 unspecified atom stereocenters. The summed E-state index contributed by atoms with van der Waals surface area (Å²) in [6.07, 6.45) is -1.80. The number of halogens is 3. The third-order valence-corrected chi connectivity index (χ3v) is 4.98. The molecule has 0 aliphatic heterocycles. The molecule has 0 bridgehead atoms. The summed E-state index contributed by atoms with van der Waals surface area (Å²) in [4.78, 5) is 23.9. The average molecular weight is 500 g/mol. The highest BCUT2D eigenvalue weighted by molar-refractivity contribution is 5.92. The van der Waals surface area contributed by atoms with E-state index in [1.807, 2.05) is 0 Å². The highest BCUT2D eigenvalue weighted by Crippen LogP contribution is 2.24. The lowest BCUT2D eigenvalue weighted by Crippen LogP contribution is -2.17. The van der Waals surface area contributed by atoms with Gasteiger partial charge in [0.15, 0.2) is 0 Å². The van der Waals surface area contributed by atoms with Crippen molar-refractivity contribution in [2.24, 2.45) is 0 Å². The number of alkyl halides is 3. The Labute approximate surface area is 204 Å². The van der Waals surface area contributed by atoms with E-state index in [1.54, 1.807) is 30.3 Å². The van der Waals surface area contributed by atoms with Crippen molar-refractivity contribution < 1.29 is 37.3 Å². The second kappa shape index (κ2) is 11.3. The minimum absolute atomic E-state index is 0.0311. The van der Waals surface area contributed by atoms with E-state index >= 15 is 0 Å². The molecule has 10 heteroatoms. The van der Waals surface area contributed by atoms with E-state index in [4.69, 9.17) is 16.2 Å². The number of rotatable bonds is 9. The third-order valence-electron chi connectivity index (χ3n) is 4.98. The van der Waals surface area contributed by atoms with Gasteiger partial charge >= 0.3 is 18.3 Å². The molecule has 0 saturated heterocycles. The standard InChI is InChI=1S/C26H23F3N2O5/c27-26(28,29)36-23-10-6-18(7-11-23)25(34)35-22-8-4-16(5-9-22)12-19(24(32)33)3-1-2-17-13-20(30)15-21(31)14-17/h4-15H,1-3,30-31H2,(H,32,33). The molecular weight excluding hydrogens is 477 g/mol. The molecule has 0 aromatic heterocycles. The van der Waals surface area contributed by atoms with E-state index in [0.717, 1.165) is 29.8 Å². The predicted molar refractivity (Wildman–Crippen MR) is 128 cm³/mol. The van der Waals surface area contributed by atoms with E-state index in [0.29, 0.717) is 36.2 Å². The lowest BCUT2D eigenvalue weighted by atomic mass is 10.0. The summed E-state index contributed by atoms with van der Waals surface area (Å²) >= 11 is 0. The lowest BCUT2D eigenvalue weighted by Gasteiger charge is -2.09. The molecule has 36 heavy (non-hydrogen) atoms. The Bertz CT molecular complexity index is 1230. The van der Waals surface area contributed by atoms with Gasteiger partial charge in [0.25, 0.3) is 0 Å². The van der Waals surface area contributed by atoms with Crippen LogP contribution in [-0.4, -0.2) is 23.4 Å². The van der Waals surface area contributed by atoms with Gasteiger partial charge in [0.1, 0.15) is 11.5 Å². The summed E-state index contributed by atoms with van der Waals surface area (Å²) < 4.78 is 45.7. The van der Waals surface area contributed by atoms with Crippen LogP contribution in [0.3, 0.4) is 0 Å². The number of aliphatic carboxylic acids is 1. The number of nitrogens with two attached hydrogens (primary N) is 2. The summed E-state index contributed by atoms with van der Waals surface area (Å²) in [5, 5.41) is 9.55. The monoisotopic (exact) mass is 500 g/mol. The van der Waals surface area contributed by atoms with Gasteiger partial charge in [0.2, 0.25) is 0 Å². The van der Waals surface area contributed by atoms with Crippen LogP contribution in [-0.2, 0) is 11.2 Å². The highest BCUT2D eigenvalue weighted by Gasteiger charge is 2.31. The first kappa shape index (κ1) is 26.1. The third kappa shape index (κ3) is 8.08. The van der Waals surface area contributed by atoms with E-state index in [2.05, 4.69) is 4.74 Å². The Balaban J connectivity index is 1.59. The van der Waals surface area contributed by atoms with E-state index in [9.17, 15) is 27.9 Å². The lowest BCUT2D eigenvalue weighted by molar-refractivity contribution is -0.274. The first-order valence-corrected chi connectivity index (χ1v) is 10.8. The van der Waals surface area contributed by atoms with Gasteiger partial charge in [0.05, 0.1) is 5.56 Å². The number of hydrogen-bond acceptors (Lipinski definition) is 6. The number of aryl methyl sites for hydroxylation is 1. The zero-order valence-corrected chi connectivity index (χ0v) is 18.9. The molecule has 0 fully saturated rings. The van der Waals surface area contributed by atoms with Crippen LogP contribution in [0.2, 0.25) is 0 Å². The fourth-order valence-electron chi connectivity index (χ4n) is 3.41. The Morgan fingerprint density at radius 1 is 0.889 bits per heavy atom. The summed E-state index contributed by atoms with van der Waals surface area (Å²) in [5.74, 6) is -2.09. The van der Waals surface area contributed by atoms with E-state index in [1.165, 1.54) is 18.2 Å².